The minimum absolute atomic E-state index is 0.0739. The Balaban J connectivity index is 2.89. The predicted octanol–water partition coefficient (Wildman–Crippen LogP) is 2.42. The fourth-order valence-electron chi connectivity index (χ4n) is 2.33. The van der Waals surface area contributed by atoms with Crippen molar-refractivity contribution in [3.8, 4) is 11.5 Å². The molecule has 0 spiro atoms. The summed E-state index contributed by atoms with van der Waals surface area (Å²) in [5.41, 5.74) is 0.680. The fraction of sp³-hybridized carbons (Fsp3) is 0.529. The predicted molar refractivity (Wildman–Crippen MR) is 88.5 cm³/mol. The van der Waals surface area contributed by atoms with Crippen LogP contribution >= 0.6 is 0 Å². The van der Waals surface area contributed by atoms with Crippen LogP contribution in [0.4, 0.5) is 8.78 Å². The van der Waals surface area contributed by atoms with E-state index in [0.29, 0.717) is 5.56 Å². The van der Waals surface area contributed by atoms with Crippen LogP contribution in [0.15, 0.2) is 18.2 Å². The van der Waals surface area contributed by atoms with Crippen molar-refractivity contribution in [3.63, 3.8) is 0 Å². The molecule has 0 heterocycles. The van der Waals surface area contributed by atoms with Gasteiger partial charge in [0.15, 0.2) is 11.5 Å². The maximum atomic E-state index is 12.5. The lowest BCUT2D eigenvalue weighted by molar-refractivity contribution is -0.136. The molecular formula is C17H24F2N2O4. The highest BCUT2D eigenvalue weighted by Crippen LogP contribution is 2.29. The Bertz CT molecular complexity index is 608. The molecule has 2 amide bonds. The largest absolute Gasteiger partial charge is 0.493 e. The van der Waals surface area contributed by atoms with Gasteiger partial charge in [0, 0.05) is 20.5 Å². The van der Waals surface area contributed by atoms with Crippen LogP contribution in [-0.2, 0) is 16.1 Å². The smallest absolute Gasteiger partial charge is 0.387 e. The van der Waals surface area contributed by atoms with Gasteiger partial charge in [-0.1, -0.05) is 19.9 Å². The van der Waals surface area contributed by atoms with E-state index in [-0.39, 0.29) is 35.8 Å². The molecule has 0 saturated carbocycles. The summed E-state index contributed by atoms with van der Waals surface area (Å²) in [5.74, 6) is -0.516. The van der Waals surface area contributed by atoms with Crippen LogP contribution in [0.5, 0.6) is 11.5 Å². The number of methoxy groups -OCH3 is 1. The second-order valence-electron chi connectivity index (χ2n) is 5.98. The monoisotopic (exact) mass is 358 g/mol. The van der Waals surface area contributed by atoms with Crippen molar-refractivity contribution in [1.82, 2.24) is 10.2 Å². The minimum atomic E-state index is -2.95. The van der Waals surface area contributed by atoms with Crippen LogP contribution < -0.4 is 14.8 Å². The van der Waals surface area contributed by atoms with E-state index in [1.165, 1.54) is 31.1 Å². The summed E-state index contributed by atoms with van der Waals surface area (Å²) < 4.78 is 34.1. The third-order valence-electron chi connectivity index (χ3n) is 3.53. The van der Waals surface area contributed by atoms with E-state index in [2.05, 4.69) is 10.1 Å². The lowest BCUT2D eigenvalue weighted by Gasteiger charge is -2.27. The van der Waals surface area contributed by atoms with Crippen molar-refractivity contribution >= 4 is 11.8 Å². The number of halogens is 2. The zero-order valence-corrected chi connectivity index (χ0v) is 15.0. The average molecular weight is 358 g/mol. The SMILES string of the molecule is COc1cc(CN(C)C(=O)[C@H](NC(C)=O)C(C)C)ccc1OC(F)F. The molecule has 0 aliphatic carbocycles. The number of hydrogen-bond donors (Lipinski definition) is 1. The van der Waals surface area contributed by atoms with Crippen LogP contribution in [0.2, 0.25) is 0 Å². The maximum absolute atomic E-state index is 12.5. The molecule has 1 aromatic rings. The number of carbonyl (C=O) groups excluding carboxylic acids is 2. The van der Waals surface area contributed by atoms with E-state index in [0.717, 1.165) is 0 Å². The number of nitrogens with zero attached hydrogens (tertiary/aromatic N) is 1. The summed E-state index contributed by atoms with van der Waals surface area (Å²) in [7, 11) is 2.95. The van der Waals surface area contributed by atoms with Gasteiger partial charge < -0.3 is 19.7 Å². The molecule has 140 valence electrons. The van der Waals surface area contributed by atoms with Crippen molar-refractivity contribution in [2.45, 2.75) is 40.0 Å². The Hall–Kier alpha value is -2.38. The normalized spacial score (nSPS) is 12.0. The van der Waals surface area contributed by atoms with Gasteiger partial charge in [-0.05, 0) is 23.6 Å². The zero-order valence-electron chi connectivity index (χ0n) is 15.0. The van der Waals surface area contributed by atoms with Crippen molar-refractivity contribution < 1.29 is 27.8 Å². The fourth-order valence-corrected chi connectivity index (χ4v) is 2.33. The molecule has 25 heavy (non-hydrogen) atoms. The van der Waals surface area contributed by atoms with E-state index in [1.807, 2.05) is 13.8 Å². The highest BCUT2D eigenvalue weighted by molar-refractivity contribution is 5.86. The number of nitrogens with one attached hydrogen (secondary N) is 1. The zero-order chi connectivity index (χ0) is 19.1. The van der Waals surface area contributed by atoms with E-state index < -0.39 is 12.7 Å². The first-order valence-electron chi connectivity index (χ1n) is 7.79. The number of likely N-dealkylation sites (N-methyl/N-ethyl adjacent to an activating group) is 1. The first kappa shape index (κ1) is 20.7. The summed E-state index contributed by atoms with van der Waals surface area (Å²) in [6, 6.07) is 3.84. The summed E-state index contributed by atoms with van der Waals surface area (Å²) in [6.45, 7) is 2.31. The van der Waals surface area contributed by atoms with Crippen molar-refractivity contribution in [1.29, 1.82) is 0 Å². The molecule has 0 bridgehead atoms. The molecule has 1 rings (SSSR count). The Labute approximate surface area is 146 Å². The molecule has 0 radical (unpaired) electrons. The molecule has 0 saturated heterocycles. The number of amides is 2. The van der Waals surface area contributed by atoms with Crippen LogP contribution in [0.25, 0.3) is 0 Å². The molecule has 8 heteroatoms. The Morgan fingerprint density at radius 3 is 2.36 bits per heavy atom. The maximum Gasteiger partial charge on any atom is 0.387 e. The van der Waals surface area contributed by atoms with Gasteiger partial charge >= 0.3 is 6.61 Å². The number of rotatable bonds is 8. The molecule has 0 unspecified atom stereocenters. The van der Waals surface area contributed by atoms with Gasteiger partial charge in [-0.3, -0.25) is 9.59 Å². The third kappa shape index (κ3) is 6.21. The van der Waals surface area contributed by atoms with E-state index >= 15 is 0 Å². The lowest BCUT2D eigenvalue weighted by atomic mass is 10.0. The number of ether oxygens (including phenoxy) is 2. The molecular weight excluding hydrogens is 334 g/mol. The van der Waals surface area contributed by atoms with E-state index in [4.69, 9.17) is 4.74 Å². The Kier molecular flexibility index (Phi) is 7.60. The van der Waals surface area contributed by atoms with Crippen LogP contribution in [0, 0.1) is 5.92 Å². The number of alkyl halides is 2. The minimum Gasteiger partial charge on any atom is -0.493 e. The van der Waals surface area contributed by atoms with Crippen molar-refractivity contribution in [3.05, 3.63) is 23.8 Å². The third-order valence-corrected chi connectivity index (χ3v) is 3.53. The standard InChI is InChI=1S/C17H24F2N2O4/c1-10(2)15(20-11(3)22)16(23)21(4)9-12-6-7-13(25-17(18)19)14(8-12)24-5/h6-8,10,15,17H,9H2,1-5H3,(H,20,22)/t15-/m1/s1. The van der Waals surface area contributed by atoms with Crippen LogP contribution in [0.1, 0.15) is 26.3 Å². The van der Waals surface area contributed by atoms with Gasteiger partial charge in [-0.25, -0.2) is 0 Å². The molecule has 0 aliphatic rings. The van der Waals surface area contributed by atoms with E-state index in [1.54, 1.807) is 13.1 Å². The number of carbonyl (C=O) groups is 2. The van der Waals surface area contributed by atoms with Gasteiger partial charge in [-0.2, -0.15) is 8.78 Å². The Morgan fingerprint density at radius 2 is 1.88 bits per heavy atom. The molecule has 1 aromatic carbocycles. The summed E-state index contributed by atoms with van der Waals surface area (Å²) in [6.07, 6.45) is 0. The van der Waals surface area contributed by atoms with E-state index in [9.17, 15) is 18.4 Å². The van der Waals surface area contributed by atoms with Gasteiger partial charge in [0.05, 0.1) is 7.11 Å². The van der Waals surface area contributed by atoms with Gasteiger partial charge in [0.25, 0.3) is 0 Å². The van der Waals surface area contributed by atoms with Crippen LogP contribution in [0.3, 0.4) is 0 Å². The summed E-state index contributed by atoms with van der Waals surface area (Å²) in [4.78, 5) is 25.3. The first-order chi connectivity index (χ1) is 11.6. The lowest BCUT2D eigenvalue weighted by Crippen LogP contribution is -2.49. The molecule has 1 atom stereocenters. The average Bonchev–Trinajstić information content (AvgIpc) is 2.52. The van der Waals surface area contributed by atoms with Gasteiger partial charge in [0.1, 0.15) is 6.04 Å². The number of hydrogen-bond acceptors (Lipinski definition) is 4. The Morgan fingerprint density at radius 1 is 1.24 bits per heavy atom. The first-order valence-corrected chi connectivity index (χ1v) is 7.79. The van der Waals surface area contributed by atoms with Crippen molar-refractivity contribution in [2.24, 2.45) is 5.92 Å². The number of benzene rings is 1. The van der Waals surface area contributed by atoms with Gasteiger partial charge in [-0.15, -0.1) is 0 Å². The van der Waals surface area contributed by atoms with Gasteiger partial charge in [0.2, 0.25) is 11.8 Å². The molecule has 6 nitrogen and oxygen atoms in total. The second-order valence-corrected chi connectivity index (χ2v) is 5.98. The quantitative estimate of drug-likeness (QED) is 0.775. The molecule has 1 N–H and O–H groups in total. The van der Waals surface area contributed by atoms with Crippen LogP contribution in [-0.4, -0.2) is 43.5 Å². The highest BCUT2D eigenvalue weighted by atomic mass is 19.3. The summed E-state index contributed by atoms with van der Waals surface area (Å²) in [5, 5.41) is 2.64. The van der Waals surface area contributed by atoms with Crippen molar-refractivity contribution in [2.75, 3.05) is 14.2 Å². The highest BCUT2D eigenvalue weighted by Gasteiger charge is 2.26. The molecule has 0 aromatic heterocycles. The molecule has 0 fully saturated rings. The summed E-state index contributed by atoms with van der Waals surface area (Å²) >= 11 is 0. The second kappa shape index (κ2) is 9.19. The topological polar surface area (TPSA) is 67.9 Å². The molecule has 0 aliphatic heterocycles.